The quantitative estimate of drug-likeness (QED) is 0.884. The molecule has 2 fully saturated rings. The molecule has 2 unspecified atom stereocenters. The second kappa shape index (κ2) is 4.80. The van der Waals surface area contributed by atoms with E-state index in [1.165, 1.54) is 4.68 Å². The van der Waals surface area contributed by atoms with Crippen molar-refractivity contribution < 1.29 is 0 Å². The van der Waals surface area contributed by atoms with Gasteiger partial charge in [0, 0.05) is 26.2 Å². The Morgan fingerprint density at radius 2 is 2.00 bits per heavy atom. The Labute approximate surface area is 117 Å². The van der Waals surface area contributed by atoms with Crippen LogP contribution in [0.5, 0.6) is 0 Å². The lowest BCUT2D eigenvalue weighted by Gasteiger charge is -2.21. The minimum absolute atomic E-state index is 0.0289. The molecule has 2 atom stereocenters. The number of hydrogen-bond donors (Lipinski definition) is 1. The average molecular weight is 283 g/mol. The third-order valence-electron chi connectivity index (χ3n) is 4.14. The smallest absolute Gasteiger partial charge is 0.287 e. The van der Waals surface area contributed by atoms with Crippen molar-refractivity contribution in [1.29, 1.82) is 0 Å². The minimum Gasteiger partial charge on any atom is -0.368 e. The lowest BCUT2D eigenvalue weighted by Crippen LogP contribution is -2.30. The summed E-state index contributed by atoms with van der Waals surface area (Å²) in [6.07, 6.45) is 1.73. The number of nitrogens with one attached hydrogen (secondary N) is 1. The lowest BCUT2D eigenvalue weighted by molar-refractivity contribution is 0.502. The van der Waals surface area contributed by atoms with E-state index < -0.39 is 0 Å². The van der Waals surface area contributed by atoms with Gasteiger partial charge >= 0.3 is 0 Å². The highest BCUT2D eigenvalue weighted by Gasteiger charge is 2.37. The highest BCUT2D eigenvalue weighted by atomic mass is 35.5. The van der Waals surface area contributed by atoms with Gasteiger partial charge in [0.15, 0.2) is 0 Å². The van der Waals surface area contributed by atoms with Gasteiger partial charge in [0.1, 0.15) is 5.02 Å². The molecule has 0 bridgehead atoms. The van der Waals surface area contributed by atoms with Gasteiger partial charge in [0.05, 0.1) is 17.9 Å². The fraction of sp³-hybridized carbons (Fsp3) is 0.692. The van der Waals surface area contributed by atoms with Crippen LogP contribution in [0.25, 0.3) is 0 Å². The van der Waals surface area contributed by atoms with Crippen LogP contribution in [0.2, 0.25) is 5.02 Å². The summed E-state index contributed by atoms with van der Waals surface area (Å²) in [4.78, 5) is 14.4. The van der Waals surface area contributed by atoms with E-state index in [0.717, 1.165) is 31.9 Å². The Balaban J connectivity index is 1.90. The number of fused-ring (bicyclic) bond motifs is 1. The maximum Gasteiger partial charge on any atom is 0.287 e. The third-order valence-corrected chi connectivity index (χ3v) is 4.50. The van der Waals surface area contributed by atoms with Crippen molar-refractivity contribution in [2.75, 3.05) is 31.1 Å². The van der Waals surface area contributed by atoms with Crippen LogP contribution in [0.15, 0.2) is 11.0 Å². The largest absolute Gasteiger partial charge is 0.368 e. The normalized spacial score (nSPS) is 26.2. The van der Waals surface area contributed by atoms with Gasteiger partial charge in [-0.05, 0) is 25.7 Å². The maximum atomic E-state index is 12.2. The van der Waals surface area contributed by atoms with Crippen LogP contribution in [0, 0.1) is 11.8 Å². The predicted molar refractivity (Wildman–Crippen MR) is 76.0 cm³/mol. The highest BCUT2D eigenvalue weighted by Crippen LogP contribution is 2.32. The average Bonchev–Trinajstić information content (AvgIpc) is 2.92. The molecule has 1 aromatic heterocycles. The summed E-state index contributed by atoms with van der Waals surface area (Å²) >= 11 is 6.25. The third kappa shape index (κ3) is 2.15. The van der Waals surface area contributed by atoms with E-state index in [1.807, 2.05) is 13.8 Å². The van der Waals surface area contributed by atoms with Crippen LogP contribution in [-0.2, 0) is 0 Å². The molecule has 5 nitrogen and oxygen atoms in total. The molecule has 2 aliphatic heterocycles. The van der Waals surface area contributed by atoms with E-state index >= 15 is 0 Å². The van der Waals surface area contributed by atoms with Crippen LogP contribution in [0.3, 0.4) is 0 Å². The second-order valence-corrected chi connectivity index (χ2v) is 6.15. The van der Waals surface area contributed by atoms with E-state index in [4.69, 9.17) is 11.6 Å². The van der Waals surface area contributed by atoms with Gasteiger partial charge in [-0.25, -0.2) is 4.68 Å². The summed E-state index contributed by atoms with van der Waals surface area (Å²) in [5.74, 6) is 1.34. The molecule has 6 heteroatoms. The molecule has 0 saturated carbocycles. The van der Waals surface area contributed by atoms with E-state index in [2.05, 4.69) is 15.3 Å². The molecule has 1 N–H and O–H groups in total. The van der Waals surface area contributed by atoms with Gasteiger partial charge in [0.2, 0.25) is 0 Å². The first-order chi connectivity index (χ1) is 9.08. The summed E-state index contributed by atoms with van der Waals surface area (Å²) in [7, 11) is 0. The molecule has 2 saturated heterocycles. The lowest BCUT2D eigenvalue weighted by atomic mass is 10.0. The number of anilines is 1. The molecule has 2 aliphatic rings. The molecule has 3 heterocycles. The first-order valence-electron chi connectivity index (χ1n) is 6.81. The molecule has 0 aromatic carbocycles. The monoisotopic (exact) mass is 282 g/mol. The SMILES string of the molecule is CC(C)n1ncc(N2CC3CNCC3C2)c(Cl)c1=O. The zero-order chi connectivity index (χ0) is 13.6. The number of nitrogens with zero attached hydrogens (tertiary/aromatic N) is 3. The van der Waals surface area contributed by atoms with Crippen LogP contribution in [-0.4, -0.2) is 36.0 Å². The molecule has 0 spiro atoms. The van der Waals surface area contributed by atoms with Crippen molar-refractivity contribution in [3.8, 4) is 0 Å². The zero-order valence-electron chi connectivity index (χ0n) is 11.3. The van der Waals surface area contributed by atoms with Crippen LogP contribution in [0.4, 0.5) is 5.69 Å². The van der Waals surface area contributed by atoms with Crippen molar-refractivity contribution in [2.45, 2.75) is 19.9 Å². The van der Waals surface area contributed by atoms with Crippen molar-refractivity contribution in [3.05, 3.63) is 21.6 Å². The molecular formula is C13H19ClN4O. The number of halogens is 1. The molecule has 0 amide bonds. The van der Waals surface area contributed by atoms with E-state index in [-0.39, 0.29) is 11.6 Å². The fourth-order valence-corrected chi connectivity index (χ4v) is 3.33. The summed E-state index contributed by atoms with van der Waals surface area (Å²) in [6, 6.07) is 0.0289. The van der Waals surface area contributed by atoms with Crippen molar-refractivity contribution in [2.24, 2.45) is 11.8 Å². The molecule has 19 heavy (non-hydrogen) atoms. The van der Waals surface area contributed by atoms with Gasteiger partial charge in [-0.15, -0.1) is 0 Å². The first-order valence-corrected chi connectivity index (χ1v) is 7.18. The molecule has 1 aromatic rings. The fourth-order valence-electron chi connectivity index (χ4n) is 3.08. The van der Waals surface area contributed by atoms with Gasteiger partial charge in [-0.3, -0.25) is 4.79 Å². The molecule has 104 valence electrons. The van der Waals surface area contributed by atoms with Crippen LogP contribution in [0.1, 0.15) is 19.9 Å². The summed E-state index contributed by atoms with van der Waals surface area (Å²) in [5.41, 5.74) is 0.599. The molecule has 0 radical (unpaired) electrons. The van der Waals surface area contributed by atoms with Gasteiger partial charge in [-0.2, -0.15) is 5.10 Å². The van der Waals surface area contributed by atoms with Crippen LogP contribution >= 0.6 is 11.6 Å². The summed E-state index contributed by atoms with van der Waals surface area (Å²) in [5, 5.41) is 7.95. The Morgan fingerprint density at radius 1 is 1.37 bits per heavy atom. The molecule has 3 rings (SSSR count). The summed E-state index contributed by atoms with van der Waals surface area (Å²) in [6.45, 7) is 7.91. The molecule has 0 aliphatic carbocycles. The number of hydrogen-bond acceptors (Lipinski definition) is 4. The van der Waals surface area contributed by atoms with Gasteiger partial charge in [0.25, 0.3) is 5.56 Å². The van der Waals surface area contributed by atoms with Crippen LogP contribution < -0.4 is 15.8 Å². The maximum absolute atomic E-state index is 12.2. The highest BCUT2D eigenvalue weighted by molar-refractivity contribution is 6.33. The molecular weight excluding hydrogens is 264 g/mol. The van der Waals surface area contributed by atoms with Crippen molar-refractivity contribution in [1.82, 2.24) is 15.1 Å². The number of aromatic nitrogens is 2. The van der Waals surface area contributed by atoms with E-state index in [0.29, 0.717) is 16.9 Å². The summed E-state index contributed by atoms with van der Waals surface area (Å²) < 4.78 is 1.43. The van der Waals surface area contributed by atoms with Crippen molar-refractivity contribution >= 4 is 17.3 Å². The predicted octanol–water partition coefficient (Wildman–Crippen LogP) is 1.13. The second-order valence-electron chi connectivity index (χ2n) is 5.77. The Bertz CT molecular complexity index is 530. The minimum atomic E-state index is -0.190. The standard InChI is InChI=1S/C13H19ClN4O/c1-8(2)18-13(19)12(14)11(5-16-18)17-6-9-3-15-4-10(9)7-17/h5,8-10,15H,3-4,6-7H2,1-2H3. The topological polar surface area (TPSA) is 50.2 Å². The van der Waals surface area contributed by atoms with Crippen molar-refractivity contribution in [3.63, 3.8) is 0 Å². The van der Waals surface area contributed by atoms with Gasteiger partial charge in [-0.1, -0.05) is 11.6 Å². The van der Waals surface area contributed by atoms with E-state index in [9.17, 15) is 4.79 Å². The van der Waals surface area contributed by atoms with Gasteiger partial charge < -0.3 is 10.2 Å². The Kier molecular flexibility index (Phi) is 3.27. The zero-order valence-corrected chi connectivity index (χ0v) is 12.0. The Hall–Kier alpha value is -1.07. The first kappa shape index (κ1) is 12.9. The number of rotatable bonds is 2. The van der Waals surface area contributed by atoms with E-state index in [1.54, 1.807) is 6.20 Å². The Morgan fingerprint density at radius 3 is 2.58 bits per heavy atom.